The van der Waals surface area contributed by atoms with E-state index in [1.165, 1.54) is 19.1 Å². The Labute approximate surface area is 204 Å². The number of amides is 2. The molecule has 0 aromatic heterocycles. The van der Waals surface area contributed by atoms with E-state index in [0.717, 1.165) is 0 Å². The molecule has 35 heavy (non-hydrogen) atoms. The van der Waals surface area contributed by atoms with E-state index < -0.39 is 30.1 Å². The number of nitrogens with one attached hydrogen (secondary N) is 1. The third-order valence-electron chi connectivity index (χ3n) is 6.27. The SMILES string of the molecule is C=CCCC(=O)N(CCOC)C1C=C(C(=O)NCCO)C2c3cc(CO)cc(OC)c3OC2C1O. The number of ether oxygens (including phenoxy) is 3. The highest BCUT2D eigenvalue weighted by atomic mass is 16.5. The largest absolute Gasteiger partial charge is 0.493 e. The van der Waals surface area contributed by atoms with Crippen LogP contribution in [-0.2, 0) is 20.9 Å². The fourth-order valence-corrected chi connectivity index (χ4v) is 4.62. The van der Waals surface area contributed by atoms with Crippen LogP contribution in [0.15, 0.2) is 36.4 Å². The average molecular weight is 491 g/mol. The highest BCUT2D eigenvalue weighted by Crippen LogP contribution is 2.51. The molecule has 10 nitrogen and oxygen atoms in total. The minimum atomic E-state index is -1.16. The Morgan fingerprint density at radius 3 is 2.69 bits per heavy atom. The minimum Gasteiger partial charge on any atom is -0.493 e. The average Bonchev–Trinajstić information content (AvgIpc) is 3.26. The Bertz CT molecular complexity index is 963. The molecule has 3 rings (SSSR count). The Morgan fingerprint density at radius 2 is 2.06 bits per heavy atom. The summed E-state index contributed by atoms with van der Waals surface area (Å²) in [7, 11) is 2.99. The fraction of sp³-hybridized carbons (Fsp3) is 0.520. The van der Waals surface area contributed by atoms with Crippen molar-refractivity contribution in [2.24, 2.45) is 0 Å². The number of hydrogen-bond acceptors (Lipinski definition) is 8. The highest BCUT2D eigenvalue weighted by Gasteiger charge is 2.51. The zero-order chi connectivity index (χ0) is 25.5. The maximum absolute atomic E-state index is 13.2. The van der Waals surface area contributed by atoms with Gasteiger partial charge < -0.3 is 39.7 Å². The molecule has 1 aromatic rings. The number of benzene rings is 1. The molecule has 4 N–H and O–H groups in total. The van der Waals surface area contributed by atoms with E-state index in [0.29, 0.717) is 34.6 Å². The van der Waals surface area contributed by atoms with Crippen LogP contribution in [0.3, 0.4) is 0 Å². The Balaban J connectivity index is 2.09. The van der Waals surface area contributed by atoms with Crippen molar-refractivity contribution in [2.45, 2.75) is 43.6 Å². The van der Waals surface area contributed by atoms with Crippen molar-refractivity contribution in [2.75, 3.05) is 40.5 Å². The molecule has 0 bridgehead atoms. The van der Waals surface area contributed by atoms with Gasteiger partial charge in [-0.1, -0.05) is 6.08 Å². The zero-order valence-corrected chi connectivity index (χ0v) is 20.1. The molecule has 0 saturated carbocycles. The zero-order valence-electron chi connectivity index (χ0n) is 20.1. The third-order valence-corrected chi connectivity index (χ3v) is 6.27. The Hall–Kier alpha value is -2.92. The van der Waals surface area contributed by atoms with Gasteiger partial charge in [-0.15, -0.1) is 6.58 Å². The van der Waals surface area contributed by atoms with Gasteiger partial charge in [0, 0.05) is 37.8 Å². The molecule has 0 spiro atoms. The van der Waals surface area contributed by atoms with Crippen LogP contribution >= 0.6 is 0 Å². The Morgan fingerprint density at radius 1 is 1.29 bits per heavy atom. The summed E-state index contributed by atoms with van der Waals surface area (Å²) in [6.45, 7) is 3.67. The van der Waals surface area contributed by atoms with E-state index in [4.69, 9.17) is 14.2 Å². The summed E-state index contributed by atoms with van der Waals surface area (Å²) < 4.78 is 16.8. The lowest BCUT2D eigenvalue weighted by molar-refractivity contribution is -0.138. The van der Waals surface area contributed by atoms with Crippen molar-refractivity contribution in [3.05, 3.63) is 47.6 Å². The first-order valence-electron chi connectivity index (χ1n) is 11.6. The summed E-state index contributed by atoms with van der Waals surface area (Å²) in [5.41, 5.74) is 1.47. The molecule has 1 aliphatic heterocycles. The van der Waals surface area contributed by atoms with Gasteiger partial charge in [-0.25, -0.2) is 0 Å². The molecule has 192 valence electrons. The van der Waals surface area contributed by atoms with Crippen molar-refractivity contribution in [3.8, 4) is 11.5 Å². The molecule has 0 radical (unpaired) electrons. The van der Waals surface area contributed by atoms with Gasteiger partial charge in [-0.2, -0.15) is 0 Å². The molecule has 0 saturated heterocycles. The maximum Gasteiger partial charge on any atom is 0.247 e. The quantitative estimate of drug-likeness (QED) is 0.306. The standard InChI is InChI=1S/C25H34N2O8/c1-4-5-6-20(30)27(8-10-33-2)18-13-17(25(32)26-7-9-28)21-16-11-15(14-29)12-19(34-3)23(16)35-24(21)22(18)31/h4,11-13,18,21-22,24,28-29,31H,1,5-10,14H2,2-3H3,(H,26,32). The molecule has 4 atom stereocenters. The van der Waals surface area contributed by atoms with Crippen LogP contribution < -0.4 is 14.8 Å². The molecule has 2 amide bonds. The summed E-state index contributed by atoms with van der Waals surface area (Å²) in [5.74, 6) is -0.574. The number of rotatable bonds is 12. The van der Waals surface area contributed by atoms with E-state index in [-0.39, 0.29) is 45.2 Å². The van der Waals surface area contributed by atoms with Crippen LogP contribution in [0.4, 0.5) is 0 Å². The second kappa shape index (κ2) is 12.2. The number of aliphatic hydroxyl groups excluding tert-OH is 3. The third kappa shape index (κ3) is 5.51. The van der Waals surface area contributed by atoms with Gasteiger partial charge in [0.1, 0.15) is 12.2 Å². The second-order valence-electron chi connectivity index (χ2n) is 8.42. The molecule has 1 aromatic carbocycles. The van der Waals surface area contributed by atoms with E-state index in [1.807, 2.05) is 0 Å². The van der Waals surface area contributed by atoms with Gasteiger partial charge in [0.15, 0.2) is 11.5 Å². The number of carbonyl (C=O) groups is 2. The van der Waals surface area contributed by atoms with Gasteiger partial charge in [0.25, 0.3) is 0 Å². The van der Waals surface area contributed by atoms with E-state index in [9.17, 15) is 24.9 Å². The number of hydrogen-bond donors (Lipinski definition) is 4. The van der Waals surface area contributed by atoms with Crippen LogP contribution in [-0.4, -0.2) is 90.8 Å². The number of fused-ring (bicyclic) bond motifs is 3. The summed E-state index contributed by atoms with van der Waals surface area (Å²) in [5, 5.41) is 33.0. The number of allylic oxidation sites excluding steroid dienone is 1. The molecule has 10 heteroatoms. The monoisotopic (exact) mass is 490 g/mol. The molecular weight excluding hydrogens is 456 g/mol. The summed E-state index contributed by atoms with van der Waals surface area (Å²) in [4.78, 5) is 27.8. The number of aliphatic hydroxyl groups is 3. The summed E-state index contributed by atoms with van der Waals surface area (Å²) >= 11 is 0. The van der Waals surface area contributed by atoms with Crippen LogP contribution in [0.1, 0.15) is 29.9 Å². The lowest BCUT2D eigenvalue weighted by Crippen LogP contribution is -2.56. The first-order valence-corrected chi connectivity index (χ1v) is 11.6. The number of carbonyl (C=O) groups excluding carboxylic acids is 2. The van der Waals surface area contributed by atoms with Gasteiger partial charge in [0.05, 0.1) is 38.9 Å². The first kappa shape index (κ1) is 26.7. The smallest absolute Gasteiger partial charge is 0.247 e. The highest BCUT2D eigenvalue weighted by molar-refractivity contribution is 5.96. The van der Waals surface area contributed by atoms with Crippen molar-refractivity contribution < 1.29 is 39.1 Å². The fourth-order valence-electron chi connectivity index (χ4n) is 4.62. The van der Waals surface area contributed by atoms with Gasteiger partial charge in [-0.05, 0) is 30.2 Å². The van der Waals surface area contributed by atoms with Crippen LogP contribution in [0.2, 0.25) is 0 Å². The predicted molar refractivity (Wildman–Crippen MR) is 127 cm³/mol. The number of methoxy groups -OCH3 is 2. The van der Waals surface area contributed by atoms with E-state index in [1.54, 1.807) is 24.3 Å². The number of nitrogens with zero attached hydrogens (tertiary/aromatic N) is 1. The molecule has 1 aliphatic carbocycles. The molecule has 2 aliphatic rings. The Kier molecular flexibility index (Phi) is 9.27. The van der Waals surface area contributed by atoms with Crippen LogP contribution in [0, 0.1) is 0 Å². The van der Waals surface area contributed by atoms with Crippen molar-refractivity contribution in [1.82, 2.24) is 10.2 Å². The normalized spacial score (nSPS) is 22.4. The van der Waals surface area contributed by atoms with E-state index >= 15 is 0 Å². The topological polar surface area (TPSA) is 138 Å². The maximum atomic E-state index is 13.2. The van der Waals surface area contributed by atoms with Crippen molar-refractivity contribution in [3.63, 3.8) is 0 Å². The lowest BCUT2D eigenvalue weighted by Gasteiger charge is -2.40. The van der Waals surface area contributed by atoms with Gasteiger partial charge in [-0.3, -0.25) is 9.59 Å². The summed E-state index contributed by atoms with van der Waals surface area (Å²) in [6, 6.07) is 2.51. The van der Waals surface area contributed by atoms with E-state index in [2.05, 4.69) is 11.9 Å². The van der Waals surface area contributed by atoms with Crippen molar-refractivity contribution >= 4 is 11.8 Å². The van der Waals surface area contributed by atoms with Crippen LogP contribution in [0.25, 0.3) is 0 Å². The predicted octanol–water partition coefficient (Wildman–Crippen LogP) is 0.251. The summed E-state index contributed by atoms with van der Waals surface area (Å²) in [6.07, 6.45) is 1.86. The lowest BCUT2D eigenvalue weighted by atomic mass is 9.77. The first-order chi connectivity index (χ1) is 16.9. The second-order valence-corrected chi connectivity index (χ2v) is 8.42. The van der Waals surface area contributed by atoms with Gasteiger partial charge in [0.2, 0.25) is 11.8 Å². The molecule has 1 heterocycles. The molecule has 0 fully saturated rings. The molecular formula is C25H34N2O8. The minimum absolute atomic E-state index is 0.0418. The van der Waals surface area contributed by atoms with Crippen molar-refractivity contribution in [1.29, 1.82) is 0 Å². The van der Waals surface area contributed by atoms with Crippen LogP contribution in [0.5, 0.6) is 11.5 Å². The molecule has 4 unspecified atom stereocenters. The van der Waals surface area contributed by atoms with Gasteiger partial charge >= 0.3 is 0 Å².